The Morgan fingerprint density at radius 2 is 1.95 bits per heavy atom. The molecule has 0 aliphatic heterocycles. The molecule has 0 spiro atoms. The SMILES string of the molecule is Cc1ccc2nn(Cc3cccc(C#N)c3)nc2c1. The van der Waals surface area contributed by atoms with Crippen LogP contribution in [0.3, 0.4) is 0 Å². The average Bonchev–Trinajstić information content (AvgIpc) is 2.80. The van der Waals surface area contributed by atoms with E-state index in [0.717, 1.165) is 16.6 Å². The van der Waals surface area contributed by atoms with E-state index in [2.05, 4.69) is 16.3 Å². The van der Waals surface area contributed by atoms with Crippen molar-refractivity contribution in [3.63, 3.8) is 0 Å². The van der Waals surface area contributed by atoms with Gasteiger partial charge in [-0.15, -0.1) is 0 Å². The first kappa shape index (κ1) is 11.4. The molecule has 2 aromatic carbocycles. The van der Waals surface area contributed by atoms with Gasteiger partial charge in [-0.3, -0.25) is 0 Å². The lowest BCUT2D eigenvalue weighted by Crippen LogP contribution is -2.03. The molecule has 0 amide bonds. The summed E-state index contributed by atoms with van der Waals surface area (Å²) in [4.78, 5) is 1.67. The highest BCUT2D eigenvalue weighted by Crippen LogP contribution is 2.12. The Morgan fingerprint density at radius 3 is 2.79 bits per heavy atom. The molecule has 0 bridgehead atoms. The summed E-state index contributed by atoms with van der Waals surface area (Å²) in [5.74, 6) is 0. The molecule has 1 heterocycles. The average molecular weight is 248 g/mol. The molecule has 0 atom stereocenters. The van der Waals surface area contributed by atoms with Gasteiger partial charge in [0.25, 0.3) is 0 Å². The van der Waals surface area contributed by atoms with E-state index in [1.165, 1.54) is 5.56 Å². The summed E-state index contributed by atoms with van der Waals surface area (Å²) in [5, 5.41) is 17.8. The molecule has 0 N–H and O–H groups in total. The maximum atomic E-state index is 8.88. The molecule has 0 radical (unpaired) electrons. The second-order valence-corrected chi connectivity index (χ2v) is 4.53. The maximum absolute atomic E-state index is 8.88. The van der Waals surface area contributed by atoms with Gasteiger partial charge in [-0.2, -0.15) is 20.3 Å². The standard InChI is InChI=1S/C15H12N4/c1-11-5-6-14-15(7-11)18-19(17-14)10-13-4-2-3-12(8-13)9-16/h2-8H,10H2,1H3. The van der Waals surface area contributed by atoms with E-state index in [4.69, 9.17) is 5.26 Å². The van der Waals surface area contributed by atoms with Gasteiger partial charge in [0, 0.05) is 0 Å². The van der Waals surface area contributed by atoms with Crippen LogP contribution >= 0.6 is 0 Å². The zero-order chi connectivity index (χ0) is 13.2. The van der Waals surface area contributed by atoms with Crippen molar-refractivity contribution in [2.75, 3.05) is 0 Å². The largest absolute Gasteiger partial charge is 0.192 e. The normalized spacial score (nSPS) is 10.5. The fraction of sp³-hybridized carbons (Fsp3) is 0.133. The van der Waals surface area contributed by atoms with Crippen molar-refractivity contribution < 1.29 is 0 Å². The second-order valence-electron chi connectivity index (χ2n) is 4.53. The molecule has 0 aliphatic carbocycles. The fourth-order valence-electron chi connectivity index (χ4n) is 2.04. The number of nitriles is 1. The van der Waals surface area contributed by atoms with Crippen LogP contribution in [0.4, 0.5) is 0 Å². The van der Waals surface area contributed by atoms with Crippen molar-refractivity contribution in [2.45, 2.75) is 13.5 Å². The second kappa shape index (κ2) is 4.54. The number of benzene rings is 2. The van der Waals surface area contributed by atoms with Crippen LogP contribution in [-0.2, 0) is 6.54 Å². The Labute approximate surface area is 110 Å². The van der Waals surface area contributed by atoms with E-state index in [1.807, 2.05) is 43.3 Å². The predicted molar refractivity (Wildman–Crippen MR) is 72.5 cm³/mol. The molecule has 4 heteroatoms. The highest BCUT2D eigenvalue weighted by molar-refractivity contribution is 5.74. The topological polar surface area (TPSA) is 54.5 Å². The number of rotatable bonds is 2. The summed E-state index contributed by atoms with van der Waals surface area (Å²) in [5.41, 5.74) is 4.64. The summed E-state index contributed by atoms with van der Waals surface area (Å²) in [6.45, 7) is 2.61. The first-order chi connectivity index (χ1) is 9.24. The van der Waals surface area contributed by atoms with Crippen molar-refractivity contribution in [2.24, 2.45) is 0 Å². The number of hydrogen-bond donors (Lipinski definition) is 0. The lowest BCUT2D eigenvalue weighted by molar-refractivity contribution is 0.600. The maximum Gasteiger partial charge on any atom is 0.113 e. The molecule has 3 aromatic rings. The van der Waals surface area contributed by atoms with Crippen molar-refractivity contribution in [1.82, 2.24) is 15.0 Å². The summed E-state index contributed by atoms with van der Waals surface area (Å²) in [6, 6.07) is 15.7. The first-order valence-electron chi connectivity index (χ1n) is 6.05. The third-order valence-corrected chi connectivity index (χ3v) is 2.96. The third-order valence-electron chi connectivity index (χ3n) is 2.96. The minimum absolute atomic E-state index is 0.573. The molecular weight excluding hydrogens is 236 g/mol. The molecule has 0 saturated heterocycles. The zero-order valence-electron chi connectivity index (χ0n) is 10.5. The summed E-state index contributed by atoms with van der Waals surface area (Å²) < 4.78 is 0. The van der Waals surface area contributed by atoms with E-state index >= 15 is 0 Å². The minimum atomic E-state index is 0.573. The number of nitrogens with zero attached hydrogens (tertiary/aromatic N) is 4. The van der Waals surface area contributed by atoms with E-state index < -0.39 is 0 Å². The fourth-order valence-corrected chi connectivity index (χ4v) is 2.04. The molecular formula is C15H12N4. The highest BCUT2D eigenvalue weighted by atomic mass is 15.5. The molecule has 92 valence electrons. The molecule has 1 aromatic heterocycles. The van der Waals surface area contributed by atoms with Crippen LogP contribution in [0.1, 0.15) is 16.7 Å². The molecule has 0 saturated carbocycles. The van der Waals surface area contributed by atoms with Gasteiger partial charge in [0.1, 0.15) is 11.0 Å². The Kier molecular flexibility index (Phi) is 2.73. The highest BCUT2D eigenvalue weighted by Gasteiger charge is 2.03. The first-order valence-corrected chi connectivity index (χ1v) is 6.05. The smallest absolute Gasteiger partial charge is 0.113 e. The van der Waals surface area contributed by atoms with Gasteiger partial charge in [0.05, 0.1) is 18.2 Å². The van der Waals surface area contributed by atoms with Crippen LogP contribution in [0, 0.1) is 18.3 Å². The molecule has 0 unspecified atom stereocenters. The van der Waals surface area contributed by atoms with Gasteiger partial charge < -0.3 is 0 Å². The summed E-state index contributed by atoms with van der Waals surface area (Å²) in [7, 11) is 0. The molecule has 4 nitrogen and oxygen atoms in total. The Morgan fingerprint density at radius 1 is 1.11 bits per heavy atom. The van der Waals surface area contributed by atoms with E-state index in [9.17, 15) is 0 Å². The predicted octanol–water partition coefficient (Wildman–Crippen LogP) is 2.66. The third kappa shape index (κ3) is 2.31. The molecule has 0 fully saturated rings. The summed E-state index contributed by atoms with van der Waals surface area (Å²) >= 11 is 0. The van der Waals surface area contributed by atoms with Gasteiger partial charge in [-0.25, -0.2) is 0 Å². The van der Waals surface area contributed by atoms with Crippen LogP contribution in [-0.4, -0.2) is 15.0 Å². The van der Waals surface area contributed by atoms with Gasteiger partial charge in [0.2, 0.25) is 0 Å². The van der Waals surface area contributed by atoms with Crippen molar-refractivity contribution in [1.29, 1.82) is 5.26 Å². The monoisotopic (exact) mass is 248 g/mol. The zero-order valence-corrected chi connectivity index (χ0v) is 10.5. The van der Waals surface area contributed by atoms with Crippen molar-refractivity contribution >= 4 is 11.0 Å². The van der Waals surface area contributed by atoms with E-state index in [1.54, 1.807) is 10.9 Å². The van der Waals surface area contributed by atoms with Crippen LogP contribution in [0.15, 0.2) is 42.5 Å². The number of aromatic nitrogens is 3. The summed E-state index contributed by atoms with van der Waals surface area (Å²) in [6.07, 6.45) is 0. The number of hydrogen-bond acceptors (Lipinski definition) is 3. The lowest BCUT2D eigenvalue weighted by atomic mass is 10.1. The minimum Gasteiger partial charge on any atom is -0.192 e. The van der Waals surface area contributed by atoms with Crippen molar-refractivity contribution in [3.8, 4) is 6.07 Å². The van der Waals surface area contributed by atoms with E-state index in [-0.39, 0.29) is 0 Å². The number of aryl methyl sites for hydroxylation is 1. The Balaban J connectivity index is 1.94. The molecule has 19 heavy (non-hydrogen) atoms. The van der Waals surface area contributed by atoms with Crippen LogP contribution in [0.5, 0.6) is 0 Å². The Bertz CT molecular complexity index is 780. The van der Waals surface area contributed by atoms with Crippen LogP contribution in [0.25, 0.3) is 11.0 Å². The van der Waals surface area contributed by atoms with Crippen LogP contribution in [0.2, 0.25) is 0 Å². The lowest BCUT2D eigenvalue weighted by Gasteiger charge is -2.00. The molecule has 3 rings (SSSR count). The van der Waals surface area contributed by atoms with E-state index in [0.29, 0.717) is 12.1 Å². The van der Waals surface area contributed by atoms with Gasteiger partial charge in [-0.05, 0) is 42.3 Å². The van der Waals surface area contributed by atoms with Crippen LogP contribution < -0.4 is 0 Å². The number of fused-ring (bicyclic) bond motifs is 1. The quantitative estimate of drug-likeness (QED) is 0.700. The van der Waals surface area contributed by atoms with Gasteiger partial charge >= 0.3 is 0 Å². The Hall–Kier alpha value is -2.67. The molecule has 0 aliphatic rings. The van der Waals surface area contributed by atoms with Gasteiger partial charge in [-0.1, -0.05) is 18.2 Å². The van der Waals surface area contributed by atoms with Crippen molar-refractivity contribution in [3.05, 3.63) is 59.2 Å². The van der Waals surface area contributed by atoms with Gasteiger partial charge in [0.15, 0.2) is 0 Å².